The summed E-state index contributed by atoms with van der Waals surface area (Å²) in [5.41, 5.74) is 4.18. The lowest BCUT2D eigenvalue weighted by Gasteiger charge is -2.37. The van der Waals surface area contributed by atoms with E-state index >= 15 is 0 Å². The highest BCUT2D eigenvalue weighted by Gasteiger charge is 2.43. The third kappa shape index (κ3) is 4.08. The Hall–Kier alpha value is -1.10. The Morgan fingerprint density at radius 1 is 1.12 bits per heavy atom. The monoisotopic (exact) mass is 359 g/mol. The van der Waals surface area contributed by atoms with Gasteiger partial charge in [0.05, 0.1) is 6.61 Å². The number of rotatable bonds is 8. The van der Waals surface area contributed by atoms with E-state index in [4.69, 9.17) is 4.74 Å². The Morgan fingerprint density at radius 3 is 2.50 bits per heavy atom. The molecular formula is C22H37N3O. The molecule has 146 valence electrons. The Morgan fingerprint density at radius 2 is 1.88 bits per heavy atom. The molecule has 0 N–H and O–H groups in total. The third-order valence-electron chi connectivity index (χ3n) is 6.54. The molecule has 0 radical (unpaired) electrons. The second kappa shape index (κ2) is 8.28. The van der Waals surface area contributed by atoms with Gasteiger partial charge in [0.15, 0.2) is 0 Å². The van der Waals surface area contributed by atoms with Crippen LogP contribution in [0.2, 0.25) is 0 Å². The predicted molar refractivity (Wildman–Crippen MR) is 109 cm³/mol. The second-order valence-electron chi connectivity index (χ2n) is 8.62. The van der Waals surface area contributed by atoms with Gasteiger partial charge >= 0.3 is 0 Å². The van der Waals surface area contributed by atoms with E-state index in [0.29, 0.717) is 6.04 Å². The summed E-state index contributed by atoms with van der Waals surface area (Å²) in [6.45, 7) is 11.2. The number of unbranched alkanes of at least 4 members (excludes halogenated alkanes) is 1. The van der Waals surface area contributed by atoms with Crippen LogP contribution in [0.15, 0.2) is 12.1 Å². The quantitative estimate of drug-likeness (QED) is 0.662. The zero-order valence-corrected chi connectivity index (χ0v) is 17.6. The van der Waals surface area contributed by atoms with E-state index in [9.17, 15) is 0 Å². The van der Waals surface area contributed by atoms with Crippen LogP contribution in [0.1, 0.15) is 48.9 Å². The molecule has 0 aliphatic carbocycles. The fraction of sp³-hybridized carbons (Fsp3) is 0.727. The Bertz CT molecular complexity index is 614. The number of hydrogen-bond acceptors (Lipinski definition) is 4. The summed E-state index contributed by atoms with van der Waals surface area (Å²) in [4.78, 5) is 7.47. The molecule has 2 saturated heterocycles. The van der Waals surface area contributed by atoms with E-state index in [1.165, 1.54) is 42.6 Å². The summed E-state index contributed by atoms with van der Waals surface area (Å²) in [6.07, 6.45) is 3.64. The zero-order valence-electron chi connectivity index (χ0n) is 17.6. The maximum Gasteiger partial charge on any atom is 0.122 e. The molecule has 0 saturated carbocycles. The summed E-state index contributed by atoms with van der Waals surface area (Å²) in [5.74, 6) is 1.06. The molecule has 4 heteroatoms. The first kappa shape index (κ1) is 19.7. The predicted octanol–water partition coefficient (Wildman–Crippen LogP) is 3.47. The SMILES string of the molecule is Cc1c(OCCCCN(C)C)ccc([C@H](C)N2CC3CC2CN3C)c1C. The highest BCUT2D eigenvalue weighted by Crippen LogP contribution is 2.38. The maximum atomic E-state index is 6.08. The normalized spacial score (nSPS) is 24.6. The van der Waals surface area contributed by atoms with E-state index in [-0.39, 0.29) is 0 Å². The highest BCUT2D eigenvalue weighted by molar-refractivity contribution is 5.45. The van der Waals surface area contributed by atoms with E-state index in [1.807, 2.05) is 0 Å². The van der Waals surface area contributed by atoms with Gasteiger partial charge in [-0.1, -0.05) is 6.07 Å². The topological polar surface area (TPSA) is 19.0 Å². The summed E-state index contributed by atoms with van der Waals surface area (Å²) in [7, 11) is 6.52. The van der Waals surface area contributed by atoms with Gasteiger partial charge in [0.1, 0.15) is 5.75 Å². The first-order chi connectivity index (χ1) is 12.4. The maximum absolute atomic E-state index is 6.08. The molecule has 2 heterocycles. The summed E-state index contributed by atoms with van der Waals surface area (Å²) in [5, 5.41) is 0. The number of piperazine rings is 1. The van der Waals surface area contributed by atoms with Crippen molar-refractivity contribution in [3.05, 3.63) is 28.8 Å². The van der Waals surface area contributed by atoms with Gasteiger partial charge in [-0.05, 0) is 90.5 Å². The van der Waals surface area contributed by atoms with Crippen LogP contribution in [-0.4, -0.2) is 74.2 Å². The van der Waals surface area contributed by atoms with Crippen molar-refractivity contribution in [3.63, 3.8) is 0 Å². The molecule has 2 unspecified atom stereocenters. The number of nitrogens with zero attached hydrogens (tertiary/aromatic N) is 3. The van der Waals surface area contributed by atoms with Crippen molar-refractivity contribution in [1.82, 2.24) is 14.7 Å². The third-order valence-corrected chi connectivity index (χ3v) is 6.54. The van der Waals surface area contributed by atoms with Crippen molar-refractivity contribution in [2.24, 2.45) is 0 Å². The van der Waals surface area contributed by atoms with Gasteiger partial charge in [0.25, 0.3) is 0 Å². The minimum absolute atomic E-state index is 0.492. The van der Waals surface area contributed by atoms with Gasteiger partial charge in [0.2, 0.25) is 0 Å². The van der Waals surface area contributed by atoms with Crippen molar-refractivity contribution < 1.29 is 4.74 Å². The van der Waals surface area contributed by atoms with Gasteiger partial charge in [-0.3, -0.25) is 4.90 Å². The van der Waals surface area contributed by atoms with Crippen molar-refractivity contribution in [2.45, 2.75) is 58.2 Å². The highest BCUT2D eigenvalue weighted by atomic mass is 16.5. The van der Waals surface area contributed by atoms with Crippen LogP contribution < -0.4 is 4.74 Å². The van der Waals surface area contributed by atoms with E-state index in [0.717, 1.165) is 37.4 Å². The van der Waals surface area contributed by atoms with Crippen LogP contribution in [0.3, 0.4) is 0 Å². The Labute approximate surface area is 160 Å². The zero-order chi connectivity index (χ0) is 18.8. The number of likely N-dealkylation sites (N-methyl/N-ethyl adjacent to an activating group) is 1. The smallest absolute Gasteiger partial charge is 0.122 e. The fourth-order valence-corrected chi connectivity index (χ4v) is 4.69. The largest absolute Gasteiger partial charge is 0.493 e. The Balaban J connectivity index is 1.60. The fourth-order valence-electron chi connectivity index (χ4n) is 4.69. The van der Waals surface area contributed by atoms with Gasteiger partial charge < -0.3 is 14.5 Å². The lowest BCUT2D eigenvalue weighted by Crippen LogP contribution is -2.45. The number of hydrogen-bond donors (Lipinski definition) is 0. The molecule has 3 atom stereocenters. The van der Waals surface area contributed by atoms with E-state index in [1.54, 1.807) is 0 Å². The molecule has 2 bridgehead atoms. The van der Waals surface area contributed by atoms with Crippen LogP contribution in [0.4, 0.5) is 0 Å². The van der Waals surface area contributed by atoms with Crippen LogP contribution in [-0.2, 0) is 0 Å². The molecule has 0 amide bonds. The van der Waals surface area contributed by atoms with Crippen molar-refractivity contribution in [2.75, 3.05) is 47.4 Å². The van der Waals surface area contributed by atoms with Crippen molar-refractivity contribution >= 4 is 0 Å². The van der Waals surface area contributed by atoms with Crippen LogP contribution in [0.5, 0.6) is 5.75 Å². The average molecular weight is 360 g/mol. The first-order valence-corrected chi connectivity index (χ1v) is 10.2. The molecular weight excluding hydrogens is 322 g/mol. The first-order valence-electron chi connectivity index (χ1n) is 10.2. The summed E-state index contributed by atoms with van der Waals surface area (Å²) >= 11 is 0. The molecule has 0 aromatic heterocycles. The molecule has 2 fully saturated rings. The average Bonchev–Trinajstić information content (AvgIpc) is 3.16. The standard InChI is InChI=1S/C22H37N3O/c1-16-17(2)22(26-12-8-7-11-23(4)5)10-9-21(16)18(3)25-15-19-13-20(25)14-24(19)6/h9-10,18-20H,7-8,11-15H2,1-6H3/t18-,19?,20?/m0/s1. The van der Waals surface area contributed by atoms with Crippen LogP contribution >= 0.6 is 0 Å². The minimum atomic E-state index is 0.492. The molecule has 1 aromatic carbocycles. The molecule has 4 nitrogen and oxygen atoms in total. The molecule has 3 rings (SSSR count). The van der Waals surface area contributed by atoms with Gasteiger partial charge in [-0.25, -0.2) is 0 Å². The van der Waals surface area contributed by atoms with Crippen LogP contribution in [0.25, 0.3) is 0 Å². The second-order valence-corrected chi connectivity index (χ2v) is 8.62. The number of benzene rings is 1. The Kier molecular flexibility index (Phi) is 6.26. The minimum Gasteiger partial charge on any atom is -0.493 e. The van der Waals surface area contributed by atoms with Gasteiger partial charge in [-0.15, -0.1) is 0 Å². The summed E-state index contributed by atoms with van der Waals surface area (Å²) < 4.78 is 6.08. The van der Waals surface area contributed by atoms with Crippen molar-refractivity contribution in [1.29, 1.82) is 0 Å². The molecule has 2 aliphatic rings. The molecule has 26 heavy (non-hydrogen) atoms. The lowest BCUT2D eigenvalue weighted by atomic mass is 9.96. The van der Waals surface area contributed by atoms with Gasteiger partial charge in [0, 0.05) is 31.2 Å². The number of fused-ring (bicyclic) bond motifs is 2. The summed E-state index contributed by atoms with van der Waals surface area (Å²) in [6, 6.07) is 6.48. The molecule has 2 aliphatic heterocycles. The van der Waals surface area contributed by atoms with Gasteiger partial charge in [-0.2, -0.15) is 0 Å². The van der Waals surface area contributed by atoms with Crippen LogP contribution in [0, 0.1) is 13.8 Å². The number of likely N-dealkylation sites (tertiary alicyclic amines) is 2. The molecule has 1 aromatic rings. The van der Waals surface area contributed by atoms with Crippen molar-refractivity contribution in [3.8, 4) is 5.75 Å². The number of ether oxygens (including phenoxy) is 1. The lowest BCUT2D eigenvalue weighted by molar-refractivity contribution is 0.113. The van der Waals surface area contributed by atoms with E-state index < -0.39 is 0 Å². The van der Waals surface area contributed by atoms with E-state index in [2.05, 4.69) is 68.7 Å². The molecule has 0 spiro atoms.